The summed E-state index contributed by atoms with van der Waals surface area (Å²) in [6.45, 7) is 1.80. The third-order valence-electron chi connectivity index (χ3n) is 7.88. The molecule has 7 heteroatoms. The lowest BCUT2D eigenvalue weighted by atomic mass is 9.84. The molecule has 1 aromatic heterocycles. The van der Waals surface area contributed by atoms with E-state index >= 15 is 0 Å². The van der Waals surface area contributed by atoms with Gasteiger partial charge in [0.15, 0.2) is 0 Å². The molecule has 5 nitrogen and oxygen atoms in total. The molecule has 0 aliphatic carbocycles. The van der Waals surface area contributed by atoms with Gasteiger partial charge in [-0.05, 0) is 83.6 Å². The van der Waals surface area contributed by atoms with E-state index in [4.69, 9.17) is 28.3 Å². The number of aliphatic carboxylic acids is 1. The number of H-pyrrole nitrogens is 1. The van der Waals surface area contributed by atoms with Crippen molar-refractivity contribution in [2.45, 2.75) is 31.1 Å². The highest BCUT2D eigenvalue weighted by molar-refractivity contribution is 6.30. The molecule has 1 aliphatic heterocycles. The summed E-state index contributed by atoms with van der Waals surface area (Å²) in [7, 11) is 0. The average molecular weight is 571 g/mol. The van der Waals surface area contributed by atoms with Crippen molar-refractivity contribution in [3.63, 3.8) is 0 Å². The summed E-state index contributed by atoms with van der Waals surface area (Å²) < 4.78 is 0. The number of benzene rings is 4. The number of aromatic nitrogens is 2. The normalized spacial score (nSPS) is 14.2. The van der Waals surface area contributed by atoms with Gasteiger partial charge in [0, 0.05) is 51.7 Å². The second-order valence-corrected chi connectivity index (χ2v) is 11.3. The van der Waals surface area contributed by atoms with E-state index in [1.807, 2.05) is 42.5 Å². The molecular formula is C33H29Cl2N3O2. The Morgan fingerprint density at radius 3 is 2.12 bits per heavy atom. The predicted molar refractivity (Wildman–Crippen MR) is 162 cm³/mol. The Bertz CT molecular complexity index is 1590. The Morgan fingerprint density at radius 2 is 1.50 bits per heavy atom. The number of carboxylic acids is 1. The summed E-state index contributed by atoms with van der Waals surface area (Å²) in [5.41, 5.74) is 7.57. The van der Waals surface area contributed by atoms with Crippen LogP contribution in [0.3, 0.4) is 0 Å². The minimum atomic E-state index is -0.810. The first-order valence-electron chi connectivity index (χ1n) is 13.5. The predicted octanol–water partition coefficient (Wildman–Crippen LogP) is 8.06. The van der Waals surface area contributed by atoms with Crippen molar-refractivity contribution in [2.24, 2.45) is 0 Å². The second-order valence-electron chi connectivity index (χ2n) is 10.5. The lowest BCUT2D eigenvalue weighted by molar-refractivity contribution is -0.136. The minimum absolute atomic E-state index is 0.0293. The van der Waals surface area contributed by atoms with Crippen LogP contribution in [-0.2, 0) is 11.2 Å². The monoisotopic (exact) mass is 569 g/mol. The molecule has 0 radical (unpaired) electrons. The van der Waals surface area contributed by atoms with Crippen molar-refractivity contribution in [2.75, 3.05) is 18.0 Å². The van der Waals surface area contributed by atoms with Gasteiger partial charge in [0.2, 0.25) is 0 Å². The lowest BCUT2D eigenvalue weighted by Crippen LogP contribution is -2.33. The fourth-order valence-electron chi connectivity index (χ4n) is 5.89. The summed E-state index contributed by atoms with van der Waals surface area (Å²) in [6.07, 6.45) is 2.02. The molecular weight excluding hydrogens is 541 g/mol. The molecule has 1 fully saturated rings. The maximum absolute atomic E-state index is 11.2. The molecule has 1 saturated heterocycles. The van der Waals surface area contributed by atoms with Crippen LogP contribution in [-0.4, -0.2) is 34.4 Å². The number of aromatic amines is 1. The summed E-state index contributed by atoms with van der Waals surface area (Å²) in [4.78, 5) is 13.5. The molecule has 0 atom stereocenters. The Hall–Kier alpha value is -3.80. The first-order valence-corrected chi connectivity index (χ1v) is 14.2. The number of carboxylic acid groups (broad SMARTS) is 1. The smallest absolute Gasteiger partial charge is 0.307 e. The van der Waals surface area contributed by atoms with E-state index in [-0.39, 0.29) is 12.3 Å². The fourth-order valence-corrected chi connectivity index (χ4v) is 6.14. The van der Waals surface area contributed by atoms with Crippen molar-refractivity contribution in [3.8, 4) is 0 Å². The zero-order chi connectivity index (χ0) is 27.6. The number of carbonyl (C=O) groups is 1. The fraction of sp³-hybridized carbons (Fsp3) is 0.212. The number of hydrogen-bond donors (Lipinski definition) is 2. The standard InChI is InChI=1S/C33H29Cl2N3O2/c34-26-9-4-22(5-10-26)32(23-6-11-27(35)12-7-23)25-8-13-30-29(20-25)33(37-36-30)24-14-16-38(17-15-24)28-3-1-2-21(18-28)19-31(39)40/h1-13,18,20,24,32H,14-17,19H2,(H,36,37)(H,39,40). The molecule has 202 valence electrons. The van der Waals surface area contributed by atoms with Gasteiger partial charge in [0.25, 0.3) is 0 Å². The Balaban J connectivity index is 1.28. The van der Waals surface area contributed by atoms with Gasteiger partial charge in [0.1, 0.15) is 0 Å². The van der Waals surface area contributed by atoms with Crippen molar-refractivity contribution in [1.29, 1.82) is 0 Å². The molecule has 40 heavy (non-hydrogen) atoms. The van der Waals surface area contributed by atoms with E-state index in [9.17, 15) is 4.79 Å². The third-order valence-corrected chi connectivity index (χ3v) is 8.39. The van der Waals surface area contributed by atoms with Gasteiger partial charge in [-0.1, -0.05) is 65.7 Å². The van der Waals surface area contributed by atoms with Crippen molar-refractivity contribution < 1.29 is 9.90 Å². The van der Waals surface area contributed by atoms with E-state index in [0.29, 0.717) is 16.0 Å². The number of fused-ring (bicyclic) bond motifs is 1. The van der Waals surface area contributed by atoms with Crippen LogP contribution in [0, 0.1) is 0 Å². The number of piperidine rings is 1. The summed E-state index contributed by atoms with van der Waals surface area (Å²) in [5, 5.41) is 19.8. The van der Waals surface area contributed by atoms with Crippen LogP contribution in [0.4, 0.5) is 5.69 Å². The highest BCUT2D eigenvalue weighted by atomic mass is 35.5. The molecule has 0 unspecified atom stereocenters. The van der Waals surface area contributed by atoms with Crippen molar-refractivity contribution in [1.82, 2.24) is 10.2 Å². The molecule has 0 saturated carbocycles. The van der Waals surface area contributed by atoms with Gasteiger partial charge >= 0.3 is 5.97 Å². The highest BCUT2D eigenvalue weighted by Gasteiger charge is 2.25. The number of nitrogens with zero attached hydrogens (tertiary/aromatic N) is 2. The zero-order valence-electron chi connectivity index (χ0n) is 21.9. The van der Waals surface area contributed by atoms with Gasteiger partial charge in [0.05, 0.1) is 11.9 Å². The minimum Gasteiger partial charge on any atom is -0.481 e. The molecule has 0 spiro atoms. The number of rotatable bonds is 7. The Morgan fingerprint density at radius 1 is 0.875 bits per heavy atom. The second kappa shape index (κ2) is 11.4. The first-order chi connectivity index (χ1) is 19.4. The van der Waals surface area contributed by atoms with Crippen LogP contribution >= 0.6 is 23.2 Å². The SMILES string of the molecule is O=C(O)Cc1cccc(N2CCC(c3[nH]nc4ccc(C(c5ccc(Cl)cc5)c5ccc(Cl)cc5)cc34)CC2)c1. The third kappa shape index (κ3) is 5.58. The lowest BCUT2D eigenvalue weighted by Gasteiger charge is -2.33. The van der Waals surface area contributed by atoms with Crippen LogP contribution < -0.4 is 4.90 Å². The quantitative estimate of drug-likeness (QED) is 0.194. The van der Waals surface area contributed by atoms with Gasteiger partial charge in [-0.25, -0.2) is 0 Å². The van der Waals surface area contributed by atoms with Crippen LogP contribution in [0.25, 0.3) is 10.9 Å². The van der Waals surface area contributed by atoms with E-state index in [1.165, 1.54) is 11.3 Å². The van der Waals surface area contributed by atoms with E-state index in [1.54, 1.807) is 0 Å². The first kappa shape index (κ1) is 26.4. The van der Waals surface area contributed by atoms with Gasteiger partial charge in [-0.2, -0.15) is 5.10 Å². The van der Waals surface area contributed by atoms with Crippen LogP contribution in [0.5, 0.6) is 0 Å². The topological polar surface area (TPSA) is 69.2 Å². The molecule has 5 aromatic rings. The molecule has 2 heterocycles. The van der Waals surface area contributed by atoms with Gasteiger partial charge in [-0.3, -0.25) is 9.89 Å². The van der Waals surface area contributed by atoms with E-state index in [2.05, 4.69) is 63.6 Å². The summed E-state index contributed by atoms with van der Waals surface area (Å²) in [5.74, 6) is -0.416. The van der Waals surface area contributed by atoms with Crippen LogP contribution in [0.2, 0.25) is 10.0 Å². The van der Waals surface area contributed by atoms with Crippen molar-refractivity contribution >= 4 is 45.8 Å². The van der Waals surface area contributed by atoms with Crippen LogP contribution in [0.1, 0.15) is 52.6 Å². The maximum atomic E-state index is 11.2. The van der Waals surface area contributed by atoms with E-state index in [0.717, 1.165) is 59.2 Å². The number of anilines is 1. The summed E-state index contributed by atoms with van der Waals surface area (Å²) >= 11 is 12.4. The maximum Gasteiger partial charge on any atom is 0.307 e. The van der Waals surface area contributed by atoms with Crippen LogP contribution in [0.15, 0.2) is 91.0 Å². The molecule has 0 amide bonds. The molecule has 2 N–H and O–H groups in total. The zero-order valence-corrected chi connectivity index (χ0v) is 23.4. The number of nitrogens with one attached hydrogen (secondary N) is 1. The largest absolute Gasteiger partial charge is 0.481 e. The highest BCUT2D eigenvalue weighted by Crippen LogP contribution is 2.38. The Kier molecular flexibility index (Phi) is 7.50. The van der Waals surface area contributed by atoms with Gasteiger partial charge < -0.3 is 10.0 Å². The number of halogens is 2. The average Bonchev–Trinajstić information content (AvgIpc) is 3.39. The molecule has 1 aliphatic rings. The molecule has 0 bridgehead atoms. The van der Waals surface area contributed by atoms with E-state index < -0.39 is 5.97 Å². The molecule has 4 aromatic carbocycles. The Labute approximate surface area is 243 Å². The summed E-state index contributed by atoms with van der Waals surface area (Å²) in [6, 6.07) is 30.5. The molecule has 6 rings (SSSR count). The van der Waals surface area contributed by atoms with Crippen molar-refractivity contribution in [3.05, 3.63) is 129 Å². The van der Waals surface area contributed by atoms with Gasteiger partial charge in [-0.15, -0.1) is 0 Å². The number of hydrogen-bond acceptors (Lipinski definition) is 3.